The summed E-state index contributed by atoms with van der Waals surface area (Å²) in [4.78, 5) is 2.59. The molecular formula is C29H30O3S. The number of benzene rings is 3. The fraction of sp³-hybridized carbons (Fsp3) is 0.310. The molecule has 0 N–H and O–H groups in total. The predicted octanol–water partition coefficient (Wildman–Crippen LogP) is 6.78. The molecule has 0 spiro atoms. The van der Waals surface area contributed by atoms with Crippen LogP contribution >= 0.6 is 11.8 Å². The highest BCUT2D eigenvalue weighted by Gasteiger charge is 2.47. The number of thioether (sulfide) groups is 1. The fourth-order valence-corrected chi connectivity index (χ4v) is 5.68. The maximum atomic E-state index is 6.48. The van der Waals surface area contributed by atoms with E-state index < -0.39 is 0 Å². The van der Waals surface area contributed by atoms with Crippen LogP contribution in [0.25, 0.3) is 0 Å². The highest BCUT2D eigenvalue weighted by atomic mass is 32.2. The van der Waals surface area contributed by atoms with E-state index in [1.165, 1.54) is 26.5 Å². The van der Waals surface area contributed by atoms with E-state index in [0.29, 0.717) is 13.2 Å². The van der Waals surface area contributed by atoms with Crippen molar-refractivity contribution in [2.45, 2.75) is 62.3 Å². The molecule has 0 aromatic heterocycles. The lowest BCUT2D eigenvalue weighted by Crippen LogP contribution is -2.46. The van der Waals surface area contributed by atoms with Crippen molar-refractivity contribution in [2.75, 3.05) is 0 Å². The largest absolute Gasteiger partial charge is 0.371 e. The number of hydrogen-bond acceptors (Lipinski definition) is 4. The number of fused-ring (bicyclic) bond motifs is 2. The first-order valence-electron chi connectivity index (χ1n) is 11.7. The molecule has 2 aliphatic rings. The van der Waals surface area contributed by atoms with Gasteiger partial charge in [-0.15, -0.1) is 0 Å². The van der Waals surface area contributed by atoms with Crippen LogP contribution in [0.5, 0.6) is 0 Å². The minimum atomic E-state index is -0.0859. The summed E-state index contributed by atoms with van der Waals surface area (Å²) in [5, 5.41) is 0. The van der Waals surface area contributed by atoms with Gasteiger partial charge in [0.15, 0.2) is 0 Å². The summed E-state index contributed by atoms with van der Waals surface area (Å²) in [6.45, 7) is 3.38. The van der Waals surface area contributed by atoms with Crippen LogP contribution in [0, 0.1) is 0 Å². The van der Waals surface area contributed by atoms with E-state index >= 15 is 0 Å². The van der Waals surface area contributed by atoms with Crippen molar-refractivity contribution in [3.63, 3.8) is 0 Å². The molecule has 0 unspecified atom stereocenters. The molecule has 2 fully saturated rings. The molecule has 5 rings (SSSR count). The summed E-state index contributed by atoms with van der Waals surface area (Å²) in [6.07, 6.45) is 1.77. The summed E-state index contributed by atoms with van der Waals surface area (Å²) >= 11 is 1.83. The van der Waals surface area contributed by atoms with Crippen molar-refractivity contribution in [1.82, 2.24) is 0 Å². The molecule has 0 aliphatic carbocycles. The van der Waals surface area contributed by atoms with Gasteiger partial charge in [0, 0.05) is 17.7 Å². The quantitative estimate of drug-likeness (QED) is 0.348. The van der Waals surface area contributed by atoms with Crippen molar-refractivity contribution in [3.05, 3.63) is 113 Å². The molecule has 2 bridgehead atoms. The molecule has 2 aliphatic heterocycles. The van der Waals surface area contributed by atoms with Gasteiger partial charge in [0.05, 0.1) is 31.5 Å². The van der Waals surface area contributed by atoms with Crippen molar-refractivity contribution in [2.24, 2.45) is 0 Å². The van der Waals surface area contributed by atoms with Crippen LogP contribution in [-0.2, 0) is 27.4 Å². The molecule has 3 nitrogen and oxygen atoms in total. The Morgan fingerprint density at radius 2 is 1.39 bits per heavy atom. The molecule has 2 heterocycles. The third kappa shape index (κ3) is 5.59. The zero-order valence-electron chi connectivity index (χ0n) is 18.9. The van der Waals surface area contributed by atoms with Gasteiger partial charge in [0.2, 0.25) is 0 Å². The lowest BCUT2D eigenvalue weighted by atomic mass is 10.0. The maximum Gasteiger partial charge on any atom is 0.111 e. The first-order valence-corrected chi connectivity index (χ1v) is 12.5. The normalized spacial score (nSPS) is 25.7. The Morgan fingerprint density at radius 1 is 0.818 bits per heavy atom. The van der Waals surface area contributed by atoms with E-state index in [0.717, 1.165) is 12.8 Å². The second-order valence-electron chi connectivity index (χ2n) is 8.70. The molecular weight excluding hydrogens is 428 g/mol. The summed E-state index contributed by atoms with van der Waals surface area (Å²) in [6, 6.07) is 31.3. The van der Waals surface area contributed by atoms with Gasteiger partial charge >= 0.3 is 0 Å². The molecule has 0 saturated carbocycles. The molecule has 4 atom stereocenters. The van der Waals surface area contributed by atoms with Gasteiger partial charge in [-0.25, -0.2) is 0 Å². The van der Waals surface area contributed by atoms with E-state index in [1.807, 2.05) is 23.9 Å². The molecule has 33 heavy (non-hydrogen) atoms. The molecule has 2 saturated heterocycles. The summed E-state index contributed by atoms with van der Waals surface area (Å²) < 4.78 is 19.4. The van der Waals surface area contributed by atoms with Crippen LogP contribution in [-0.4, -0.2) is 24.4 Å². The fourth-order valence-electron chi connectivity index (χ4n) is 4.69. The zero-order valence-corrected chi connectivity index (χ0v) is 19.7. The minimum absolute atomic E-state index is 0.00435. The highest BCUT2D eigenvalue weighted by Crippen LogP contribution is 2.44. The summed E-state index contributed by atoms with van der Waals surface area (Å²) in [5.74, 6) is 0. The van der Waals surface area contributed by atoms with Crippen LogP contribution in [0.4, 0.5) is 0 Å². The van der Waals surface area contributed by atoms with Crippen LogP contribution < -0.4 is 0 Å². The molecule has 0 radical (unpaired) electrons. The molecule has 3 aromatic carbocycles. The van der Waals surface area contributed by atoms with E-state index in [1.54, 1.807) is 0 Å². The Balaban J connectivity index is 1.33. The molecule has 170 valence electrons. The Morgan fingerprint density at radius 3 is 2.03 bits per heavy atom. The highest BCUT2D eigenvalue weighted by molar-refractivity contribution is 8.03. The Bertz CT molecular complexity index is 1050. The topological polar surface area (TPSA) is 27.7 Å². The third-order valence-electron chi connectivity index (χ3n) is 6.39. The lowest BCUT2D eigenvalue weighted by molar-refractivity contribution is -0.182. The second-order valence-corrected chi connectivity index (χ2v) is 9.98. The van der Waals surface area contributed by atoms with Gasteiger partial charge in [0.25, 0.3) is 0 Å². The summed E-state index contributed by atoms with van der Waals surface area (Å²) in [7, 11) is 0. The molecule has 3 aromatic rings. The van der Waals surface area contributed by atoms with Gasteiger partial charge in [-0.1, -0.05) is 90.6 Å². The van der Waals surface area contributed by atoms with Gasteiger partial charge in [-0.3, -0.25) is 0 Å². The van der Waals surface area contributed by atoms with Crippen molar-refractivity contribution < 1.29 is 14.2 Å². The molecule has 4 heteroatoms. The smallest absolute Gasteiger partial charge is 0.111 e. The maximum absolute atomic E-state index is 6.48. The van der Waals surface area contributed by atoms with Crippen molar-refractivity contribution in [3.8, 4) is 0 Å². The first-order chi connectivity index (χ1) is 16.3. The Labute approximate surface area is 200 Å². The Hall–Kier alpha value is -2.37. The van der Waals surface area contributed by atoms with Crippen LogP contribution in [0.1, 0.15) is 30.9 Å². The van der Waals surface area contributed by atoms with E-state index in [2.05, 4.69) is 85.8 Å². The van der Waals surface area contributed by atoms with E-state index in [9.17, 15) is 0 Å². The lowest BCUT2D eigenvalue weighted by Gasteiger charge is -2.36. The zero-order chi connectivity index (χ0) is 22.5. The third-order valence-corrected chi connectivity index (χ3v) is 7.46. The molecule has 0 amide bonds. The Kier molecular flexibility index (Phi) is 7.27. The minimum Gasteiger partial charge on any atom is -0.371 e. The monoisotopic (exact) mass is 458 g/mol. The second kappa shape index (κ2) is 10.7. The number of ether oxygens (including phenoxy) is 3. The standard InChI is InChI=1S/C29H30O3S/c1-21(33-24-15-9-4-10-16-24)25-17-28-29(31-20-23-13-7-3-8-14-23)27(18-26(25)32-28)30-19-22-11-5-2-6-12-22/h2-16,26-29H,17-20H2,1H3/b25-21+/t26-,27+,28-,29+/m0/s1. The number of rotatable bonds is 8. The summed E-state index contributed by atoms with van der Waals surface area (Å²) in [5.41, 5.74) is 3.75. The van der Waals surface area contributed by atoms with Crippen LogP contribution in [0.2, 0.25) is 0 Å². The van der Waals surface area contributed by atoms with Gasteiger partial charge in [-0.05, 0) is 40.7 Å². The van der Waals surface area contributed by atoms with Crippen LogP contribution in [0.15, 0.2) is 106 Å². The van der Waals surface area contributed by atoms with Crippen molar-refractivity contribution >= 4 is 11.8 Å². The average Bonchev–Trinajstić information content (AvgIpc) is 3.22. The first kappa shape index (κ1) is 22.4. The van der Waals surface area contributed by atoms with Gasteiger partial charge < -0.3 is 14.2 Å². The predicted molar refractivity (Wildman–Crippen MR) is 133 cm³/mol. The SMILES string of the molecule is C/C(Sc1ccccc1)=C1/C[C@@H]2O[C@H]1C[C@@H](OCc1ccccc1)[C@H]2OCc1ccccc1. The van der Waals surface area contributed by atoms with Crippen molar-refractivity contribution in [1.29, 1.82) is 0 Å². The number of hydrogen-bond donors (Lipinski definition) is 0. The van der Waals surface area contributed by atoms with E-state index in [4.69, 9.17) is 14.2 Å². The van der Waals surface area contributed by atoms with Crippen LogP contribution in [0.3, 0.4) is 0 Å². The van der Waals surface area contributed by atoms with Gasteiger partial charge in [0.1, 0.15) is 6.10 Å². The number of allylic oxidation sites excluding steroid dienone is 1. The van der Waals surface area contributed by atoms with Gasteiger partial charge in [-0.2, -0.15) is 0 Å². The van der Waals surface area contributed by atoms with E-state index in [-0.39, 0.29) is 24.4 Å². The average molecular weight is 459 g/mol.